The molecule has 18 nitrogen and oxygen atoms in total. The maximum atomic E-state index is 13.8. The Morgan fingerprint density at radius 3 is 2.03 bits per heavy atom. The zero-order chi connectivity index (χ0) is 51.5. The molecule has 0 aliphatic heterocycles. The van der Waals surface area contributed by atoms with Gasteiger partial charge in [-0.05, 0) is 48.3 Å². The van der Waals surface area contributed by atoms with E-state index in [4.69, 9.17) is 29.5 Å². The number of ketones is 1. The first kappa shape index (κ1) is 60.9. The van der Waals surface area contributed by atoms with E-state index in [1.54, 1.807) is 58.7 Å². The second-order valence-corrected chi connectivity index (χ2v) is 23.9. The number of ether oxygens (including phenoxy) is 4. The molecule has 5 N–H and O–H groups in total. The van der Waals surface area contributed by atoms with Crippen LogP contribution in [-0.2, 0) is 62.5 Å². The number of nitrogens with zero attached hydrogens (tertiary/aromatic N) is 4. The molecule has 0 radical (unpaired) electrons. The second kappa shape index (κ2) is 31.9. The van der Waals surface area contributed by atoms with Crippen LogP contribution in [-0.4, -0.2) is 130 Å². The molecule has 0 unspecified atom stereocenters. The number of anilines is 1. The van der Waals surface area contributed by atoms with E-state index in [-0.39, 0.29) is 65.6 Å². The molecule has 0 bridgehead atoms. The Morgan fingerprint density at radius 2 is 1.45 bits per heavy atom. The summed E-state index contributed by atoms with van der Waals surface area (Å²) in [6.07, 6.45) is 3.75. The Balaban J connectivity index is 1.86. The number of carbonyl (C=O) groups is 5. The average Bonchev–Trinajstić information content (AvgIpc) is 3.71. The normalized spacial score (nSPS) is 12.8. The highest BCUT2D eigenvalue weighted by Crippen LogP contribution is 2.27. The van der Waals surface area contributed by atoms with Crippen LogP contribution < -0.4 is 21.7 Å². The van der Waals surface area contributed by atoms with Gasteiger partial charge in [0.15, 0.2) is 12.4 Å². The number of thioether (sulfide) groups is 2. The van der Waals surface area contributed by atoms with E-state index in [0.717, 1.165) is 18.7 Å². The summed E-state index contributed by atoms with van der Waals surface area (Å²) in [5.41, 5.74) is 8.16. The first-order valence-corrected chi connectivity index (χ1v) is 25.8. The molecule has 390 valence electrons. The van der Waals surface area contributed by atoms with Gasteiger partial charge < -0.3 is 45.5 Å². The molecule has 0 saturated carbocycles. The van der Waals surface area contributed by atoms with Crippen LogP contribution in [0.15, 0.2) is 35.6 Å². The van der Waals surface area contributed by atoms with Crippen LogP contribution in [0.3, 0.4) is 0 Å². The molecule has 1 aromatic heterocycles. The summed E-state index contributed by atoms with van der Waals surface area (Å²) in [5.74, 6) is -1.38. The Kier molecular flexibility index (Phi) is 28.1. The lowest BCUT2D eigenvalue weighted by atomic mass is 9.89. The van der Waals surface area contributed by atoms with Crippen molar-refractivity contribution < 1.29 is 47.8 Å². The highest BCUT2D eigenvalue weighted by Gasteiger charge is 2.30. The van der Waals surface area contributed by atoms with Crippen molar-refractivity contribution in [2.75, 3.05) is 69.6 Å². The number of Topliss-reactive ketones (excluding diaryl/α,β-unsaturated/α-hetero) is 1. The number of nitrogens with one attached hydrogen (secondary N) is 3. The van der Waals surface area contributed by atoms with E-state index >= 15 is 0 Å². The van der Waals surface area contributed by atoms with Gasteiger partial charge in [-0.25, -0.2) is 9.48 Å². The topological polar surface area (TPSA) is 237 Å². The molecule has 0 saturated heterocycles. The third-order valence-electron chi connectivity index (χ3n) is 9.91. The van der Waals surface area contributed by atoms with Crippen LogP contribution in [0.4, 0.5) is 10.5 Å². The number of amides is 4. The molecular weight excluding hydrogens is 925 g/mol. The first-order valence-electron chi connectivity index (χ1n) is 23.9. The second-order valence-electron chi connectivity index (χ2n) is 20.3. The Morgan fingerprint density at radius 1 is 0.841 bits per heavy atom. The van der Waals surface area contributed by atoms with Crippen LogP contribution in [0, 0.1) is 17.3 Å². The lowest BCUT2D eigenvalue weighted by Crippen LogP contribution is -2.46. The van der Waals surface area contributed by atoms with Gasteiger partial charge >= 0.3 is 12.0 Å². The van der Waals surface area contributed by atoms with Gasteiger partial charge in [0.1, 0.15) is 6.61 Å². The molecule has 69 heavy (non-hydrogen) atoms. The number of benzene rings is 1. The Bertz CT molecular complexity index is 1850. The van der Waals surface area contributed by atoms with Crippen LogP contribution in [0.25, 0.3) is 0 Å². The maximum absolute atomic E-state index is 13.8. The number of rotatable bonds is 34. The standard InChI is InChI=1S/C49H82N8O10S2/c1-35(2)44(53-42(59)32-67-55-40(33-68-48(6,7)8)34-69-49(9,10)11)41(58)29-37(13-12-21-51-46(50)62)45(61)52-38-16-14-36(15-17-38)31-66-43(60)19-18-39-30-57(56-54-39)22-24-64-26-28-65-27-25-63-23-20-47(3,4)5/h14-17,30,35,37,44H,12-13,18-29,31-34H2,1-11H3,(H,52,61)(H,53,59)(H3,50,51,62)/t37-,44+/m1/s1. The fourth-order valence-electron chi connectivity index (χ4n) is 6.00. The van der Waals surface area contributed by atoms with E-state index < -0.39 is 35.8 Å². The van der Waals surface area contributed by atoms with Crippen LogP contribution in [0.5, 0.6) is 0 Å². The molecule has 1 heterocycles. The summed E-state index contributed by atoms with van der Waals surface area (Å²) in [6.45, 7) is 26.5. The highest BCUT2D eigenvalue weighted by molar-refractivity contribution is 8.02. The zero-order valence-corrected chi connectivity index (χ0v) is 44.7. The molecule has 0 aliphatic rings. The van der Waals surface area contributed by atoms with Crippen LogP contribution >= 0.6 is 23.5 Å². The van der Waals surface area contributed by atoms with E-state index in [1.165, 1.54) is 0 Å². The van der Waals surface area contributed by atoms with E-state index in [2.05, 4.69) is 93.7 Å². The van der Waals surface area contributed by atoms with Crippen molar-refractivity contribution in [2.24, 2.45) is 28.1 Å². The fourth-order valence-corrected chi connectivity index (χ4v) is 7.64. The van der Waals surface area contributed by atoms with Gasteiger partial charge in [-0.1, -0.05) is 98.7 Å². The molecule has 0 spiro atoms. The number of primary amides is 1. The summed E-state index contributed by atoms with van der Waals surface area (Å²) in [6, 6.07) is 5.26. The molecular formula is C49H82N8O10S2. The molecule has 2 rings (SSSR count). The summed E-state index contributed by atoms with van der Waals surface area (Å²) in [7, 11) is 0. The minimum atomic E-state index is -0.881. The van der Waals surface area contributed by atoms with Gasteiger partial charge in [0.05, 0.1) is 63.4 Å². The summed E-state index contributed by atoms with van der Waals surface area (Å²) in [4.78, 5) is 69.9. The molecule has 2 aromatic rings. The van der Waals surface area contributed by atoms with Gasteiger partial charge in [0.25, 0.3) is 5.91 Å². The first-order chi connectivity index (χ1) is 32.4. The van der Waals surface area contributed by atoms with Crippen molar-refractivity contribution >= 4 is 64.5 Å². The third kappa shape index (κ3) is 30.9. The fraction of sp³-hybridized carbons (Fsp3) is 0.714. The monoisotopic (exact) mass is 1010 g/mol. The predicted molar refractivity (Wildman–Crippen MR) is 274 cm³/mol. The minimum absolute atomic E-state index is 0.0243. The number of esters is 1. The van der Waals surface area contributed by atoms with Crippen molar-refractivity contribution in [3.63, 3.8) is 0 Å². The number of carbonyl (C=O) groups excluding carboxylic acids is 5. The van der Waals surface area contributed by atoms with Gasteiger partial charge in [-0.2, -0.15) is 0 Å². The number of aryl methyl sites for hydroxylation is 1. The molecule has 4 amide bonds. The molecule has 1 aromatic carbocycles. The lowest BCUT2D eigenvalue weighted by molar-refractivity contribution is -0.145. The Hall–Kier alpha value is -4.24. The molecule has 0 fully saturated rings. The van der Waals surface area contributed by atoms with E-state index in [1.807, 2.05) is 13.8 Å². The molecule has 20 heteroatoms. The largest absolute Gasteiger partial charge is 0.461 e. The number of oxime groups is 1. The van der Waals surface area contributed by atoms with Gasteiger partial charge in [-0.15, -0.1) is 28.6 Å². The van der Waals surface area contributed by atoms with Crippen LogP contribution in [0.2, 0.25) is 0 Å². The number of hydrogen-bond donors (Lipinski definition) is 4. The lowest BCUT2D eigenvalue weighted by Gasteiger charge is -2.24. The van der Waals surface area contributed by atoms with Crippen molar-refractivity contribution in [3.05, 3.63) is 41.7 Å². The van der Waals surface area contributed by atoms with Gasteiger partial charge in [0.2, 0.25) is 5.91 Å². The van der Waals surface area contributed by atoms with Crippen LogP contribution in [0.1, 0.15) is 120 Å². The average molecular weight is 1010 g/mol. The van der Waals surface area contributed by atoms with Crippen molar-refractivity contribution in [1.29, 1.82) is 0 Å². The summed E-state index contributed by atoms with van der Waals surface area (Å²) < 4.78 is 24.0. The molecule has 2 atom stereocenters. The SMILES string of the molecule is CC(C)[C@H](NC(=O)CON=C(CSC(C)(C)C)CSC(C)(C)C)C(=O)C[C@@H](CCCNC(N)=O)C(=O)Nc1ccc(COC(=O)CCc2cn(CCOCCOCCOCCC(C)(C)C)nn2)cc1. The van der Waals surface area contributed by atoms with Gasteiger partial charge in [0, 0.05) is 64.8 Å². The Labute approximate surface area is 419 Å². The predicted octanol–water partition coefficient (Wildman–Crippen LogP) is 6.98. The number of nitrogens with two attached hydrogens (primary N) is 1. The smallest absolute Gasteiger partial charge is 0.312 e. The third-order valence-corrected chi connectivity index (χ3v) is 12.6. The number of hydrogen-bond acceptors (Lipinski definition) is 15. The summed E-state index contributed by atoms with van der Waals surface area (Å²) in [5, 5.41) is 20.7. The van der Waals surface area contributed by atoms with E-state index in [0.29, 0.717) is 80.9 Å². The van der Waals surface area contributed by atoms with Gasteiger partial charge in [-0.3, -0.25) is 19.2 Å². The van der Waals surface area contributed by atoms with Crippen molar-refractivity contribution in [3.8, 4) is 0 Å². The van der Waals surface area contributed by atoms with Crippen molar-refractivity contribution in [1.82, 2.24) is 25.6 Å². The number of urea groups is 1. The summed E-state index contributed by atoms with van der Waals surface area (Å²) >= 11 is 3.48. The molecule has 0 aliphatic carbocycles. The number of aromatic nitrogens is 3. The zero-order valence-electron chi connectivity index (χ0n) is 43.1. The van der Waals surface area contributed by atoms with E-state index in [9.17, 15) is 24.0 Å². The minimum Gasteiger partial charge on any atom is -0.461 e. The highest BCUT2D eigenvalue weighted by atomic mass is 32.2. The maximum Gasteiger partial charge on any atom is 0.312 e. The van der Waals surface area contributed by atoms with Crippen molar-refractivity contribution in [2.45, 2.75) is 143 Å². The quantitative estimate of drug-likeness (QED) is 0.0240.